The number of halogens is 3. The average molecular weight is 303 g/mol. The summed E-state index contributed by atoms with van der Waals surface area (Å²) in [6.45, 7) is 2.54. The normalized spacial score (nSPS) is 24.5. The second kappa shape index (κ2) is 6.06. The summed E-state index contributed by atoms with van der Waals surface area (Å²) < 4.78 is 26.7. The monoisotopic (exact) mass is 302 g/mol. The summed E-state index contributed by atoms with van der Waals surface area (Å²) in [4.78, 5) is 11.9. The van der Waals surface area contributed by atoms with Crippen molar-refractivity contribution in [2.45, 2.75) is 12.3 Å². The Labute approximate surface area is 122 Å². The van der Waals surface area contributed by atoms with E-state index in [1.807, 2.05) is 0 Å². The Morgan fingerprint density at radius 1 is 1.35 bits per heavy atom. The SMILES string of the molecule is Cl.O=C(NCC1CNC1)C1CC1c1cc(F)ccc1F. The van der Waals surface area contributed by atoms with Crippen LogP contribution >= 0.6 is 12.4 Å². The first kappa shape index (κ1) is 15.2. The first-order valence-electron chi connectivity index (χ1n) is 6.58. The van der Waals surface area contributed by atoms with E-state index >= 15 is 0 Å². The topological polar surface area (TPSA) is 41.1 Å². The number of nitrogens with one attached hydrogen (secondary N) is 2. The molecule has 0 spiro atoms. The van der Waals surface area contributed by atoms with Crippen molar-refractivity contribution in [3.63, 3.8) is 0 Å². The molecule has 110 valence electrons. The average Bonchev–Trinajstić information content (AvgIpc) is 3.10. The van der Waals surface area contributed by atoms with Gasteiger partial charge in [-0.3, -0.25) is 4.79 Å². The standard InChI is InChI=1S/C14H16F2N2O.ClH/c15-9-1-2-13(16)11(3-9)10-4-12(10)14(19)18-7-8-5-17-6-8;/h1-3,8,10,12,17H,4-7H2,(H,18,19);1H. The van der Waals surface area contributed by atoms with Gasteiger partial charge in [-0.1, -0.05) is 0 Å². The van der Waals surface area contributed by atoms with E-state index in [0.29, 0.717) is 24.4 Å². The predicted molar refractivity (Wildman–Crippen MR) is 73.8 cm³/mol. The van der Waals surface area contributed by atoms with E-state index in [-0.39, 0.29) is 30.2 Å². The van der Waals surface area contributed by atoms with Crippen LogP contribution in [-0.2, 0) is 4.79 Å². The highest BCUT2D eigenvalue weighted by molar-refractivity contribution is 5.85. The van der Waals surface area contributed by atoms with Crippen molar-refractivity contribution in [1.29, 1.82) is 0 Å². The lowest BCUT2D eigenvalue weighted by Gasteiger charge is -2.27. The minimum absolute atomic E-state index is 0. The van der Waals surface area contributed by atoms with E-state index in [0.717, 1.165) is 25.2 Å². The number of amides is 1. The molecule has 1 saturated heterocycles. The van der Waals surface area contributed by atoms with Crippen LogP contribution in [0.1, 0.15) is 17.9 Å². The van der Waals surface area contributed by atoms with Gasteiger partial charge in [0.1, 0.15) is 11.6 Å². The van der Waals surface area contributed by atoms with Crippen LogP contribution in [0.15, 0.2) is 18.2 Å². The zero-order valence-corrected chi connectivity index (χ0v) is 11.7. The Morgan fingerprint density at radius 3 is 2.75 bits per heavy atom. The van der Waals surface area contributed by atoms with Gasteiger partial charge in [0.25, 0.3) is 0 Å². The van der Waals surface area contributed by atoms with E-state index in [9.17, 15) is 13.6 Å². The molecule has 1 amide bonds. The quantitative estimate of drug-likeness (QED) is 0.891. The second-order valence-corrected chi connectivity index (χ2v) is 5.38. The molecule has 6 heteroatoms. The van der Waals surface area contributed by atoms with Gasteiger partial charge < -0.3 is 10.6 Å². The molecule has 2 N–H and O–H groups in total. The number of hydrogen-bond donors (Lipinski definition) is 2. The number of carbonyl (C=O) groups excluding carboxylic acids is 1. The minimum Gasteiger partial charge on any atom is -0.355 e. The molecule has 0 aromatic heterocycles. The Bertz CT molecular complexity index is 508. The van der Waals surface area contributed by atoms with E-state index in [1.165, 1.54) is 6.07 Å². The lowest BCUT2D eigenvalue weighted by Crippen LogP contribution is -2.48. The summed E-state index contributed by atoms with van der Waals surface area (Å²) in [7, 11) is 0. The van der Waals surface area contributed by atoms with Crippen LogP contribution in [0.4, 0.5) is 8.78 Å². The number of hydrogen-bond acceptors (Lipinski definition) is 2. The Hall–Kier alpha value is -1.20. The van der Waals surface area contributed by atoms with E-state index in [1.54, 1.807) is 0 Å². The fraction of sp³-hybridized carbons (Fsp3) is 0.500. The summed E-state index contributed by atoms with van der Waals surface area (Å²) in [5.74, 6) is -0.792. The maximum Gasteiger partial charge on any atom is 0.223 e. The lowest BCUT2D eigenvalue weighted by atomic mass is 10.0. The van der Waals surface area contributed by atoms with Crippen LogP contribution in [0, 0.1) is 23.5 Å². The highest BCUT2D eigenvalue weighted by Crippen LogP contribution is 2.48. The van der Waals surface area contributed by atoms with Crippen molar-refractivity contribution in [2.24, 2.45) is 11.8 Å². The van der Waals surface area contributed by atoms with Gasteiger partial charge in [-0.15, -0.1) is 12.4 Å². The molecule has 1 saturated carbocycles. The second-order valence-electron chi connectivity index (χ2n) is 5.38. The summed E-state index contributed by atoms with van der Waals surface area (Å²) in [6, 6.07) is 3.42. The Morgan fingerprint density at radius 2 is 2.10 bits per heavy atom. The van der Waals surface area contributed by atoms with Crippen molar-refractivity contribution in [3.05, 3.63) is 35.4 Å². The molecule has 1 aromatic rings. The fourth-order valence-electron chi connectivity index (χ4n) is 2.50. The molecule has 1 heterocycles. The molecule has 2 atom stereocenters. The van der Waals surface area contributed by atoms with Crippen LogP contribution < -0.4 is 10.6 Å². The Kier molecular flexibility index (Phi) is 4.60. The van der Waals surface area contributed by atoms with Crippen molar-refractivity contribution < 1.29 is 13.6 Å². The summed E-state index contributed by atoms with van der Waals surface area (Å²) in [6.07, 6.45) is 0.606. The maximum absolute atomic E-state index is 13.6. The third-order valence-corrected chi connectivity index (χ3v) is 3.92. The third kappa shape index (κ3) is 3.10. The maximum atomic E-state index is 13.6. The molecule has 2 aliphatic rings. The first-order valence-corrected chi connectivity index (χ1v) is 6.58. The molecule has 20 heavy (non-hydrogen) atoms. The largest absolute Gasteiger partial charge is 0.355 e. The van der Waals surface area contributed by atoms with Gasteiger partial charge in [-0.25, -0.2) is 8.78 Å². The van der Waals surface area contributed by atoms with Crippen molar-refractivity contribution in [3.8, 4) is 0 Å². The third-order valence-electron chi connectivity index (χ3n) is 3.92. The van der Waals surface area contributed by atoms with Gasteiger partial charge in [0.15, 0.2) is 0 Å². The number of rotatable bonds is 4. The van der Waals surface area contributed by atoms with Gasteiger partial charge >= 0.3 is 0 Å². The molecular formula is C14H17ClF2N2O. The van der Waals surface area contributed by atoms with Crippen LogP contribution in [0.3, 0.4) is 0 Å². The zero-order valence-electron chi connectivity index (χ0n) is 10.9. The van der Waals surface area contributed by atoms with E-state index in [2.05, 4.69) is 10.6 Å². The van der Waals surface area contributed by atoms with Gasteiger partial charge in [0, 0.05) is 31.5 Å². The Balaban J connectivity index is 0.00000147. The molecule has 3 nitrogen and oxygen atoms in total. The van der Waals surface area contributed by atoms with Crippen LogP contribution in [0.2, 0.25) is 0 Å². The highest BCUT2D eigenvalue weighted by Gasteiger charge is 2.45. The van der Waals surface area contributed by atoms with Crippen LogP contribution in [0.25, 0.3) is 0 Å². The van der Waals surface area contributed by atoms with Gasteiger partial charge in [-0.2, -0.15) is 0 Å². The smallest absolute Gasteiger partial charge is 0.223 e. The van der Waals surface area contributed by atoms with Crippen LogP contribution in [-0.4, -0.2) is 25.5 Å². The number of carbonyl (C=O) groups is 1. The zero-order chi connectivity index (χ0) is 13.4. The van der Waals surface area contributed by atoms with Gasteiger partial charge in [0.05, 0.1) is 0 Å². The molecule has 2 fully saturated rings. The highest BCUT2D eigenvalue weighted by atomic mass is 35.5. The fourth-order valence-corrected chi connectivity index (χ4v) is 2.50. The molecule has 1 aliphatic carbocycles. The molecule has 3 rings (SSSR count). The number of benzene rings is 1. The summed E-state index contributed by atoms with van der Waals surface area (Å²) >= 11 is 0. The van der Waals surface area contributed by atoms with Crippen LogP contribution in [0.5, 0.6) is 0 Å². The van der Waals surface area contributed by atoms with Crippen molar-refractivity contribution >= 4 is 18.3 Å². The first-order chi connectivity index (χ1) is 9.15. The molecule has 2 unspecified atom stereocenters. The molecule has 1 aromatic carbocycles. The van der Waals surface area contributed by atoms with E-state index in [4.69, 9.17) is 0 Å². The molecule has 1 aliphatic heterocycles. The lowest BCUT2D eigenvalue weighted by molar-refractivity contribution is -0.122. The van der Waals surface area contributed by atoms with Crippen molar-refractivity contribution in [1.82, 2.24) is 10.6 Å². The summed E-state index contributed by atoms with van der Waals surface area (Å²) in [5, 5.41) is 6.02. The van der Waals surface area contributed by atoms with Gasteiger partial charge in [-0.05, 0) is 36.1 Å². The molecular weight excluding hydrogens is 286 g/mol. The molecule has 0 bridgehead atoms. The van der Waals surface area contributed by atoms with Gasteiger partial charge in [0.2, 0.25) is 5.91 Å². The minimum atomic E-state index is -0.456. The summed E-state index contributed by atoms with van der Waals surface area (Å²) in [5.41, 5.74) is 0.325. The van der Waals surface area contributed by atoms with E-state index < -0.39 is 11.6 Å². The molecule has 0 radical (unpaired) electrons. The van der Waals surface area contributed by atoms with Crippen molar-refractivity contribution in [2.75, 3.05) is 19.6 Å². The predicted octanol–water partition coefficient (Wildman–Crippen LogP) is 1.83.